The Bertz CT molecular complexity index is 568. The van der Waals surface area contributed by atoms with E-state index in [0.29, 0.717) is 13.5 Å². The number of hydrogen-bond donors (Lipinski definition) is 2. The third kappa shape index (κ3) is 3.93. The molecule has 1 unspecified atom stereocenters. The lowest BCUT2D eigenvalue weighted by Gasteiger charge is -2.36. The number of carboxylic acids is 1. The molecule has 1 saturated heterocycles. The van der Waals surface area contributed by atoms with Crippen LogP contribution in [0.4, 0.5) is 8.78 Å². The van der Waals surface area contributed by atoms with Crippen molar-refractivity contribution < 1.29 is 28.3 Å². The number of fused-ring (bicyclic) bond motifs is 1. The van der Waals surface area contributed by atoms with Crippen molar-refractivity contribution in [3.63, 3.8) is 0 Å². The standard InChI is InChI=1S/C17H26F2N2O4/c1-16(2,3)12(20-15(25)17(4,18)19)13(22)21-8-9-6-5-7-10(9)11(21)14(23)24/h9-12H,5-8H2,1-4H3,(H,20,25)(H,23,24)/t9-,10-,11-,12?/m0/s1. The fourth-order valence-corrected chi connectivity index (χ4v) is 3.92. The molecule has 6 nitrogen and oxygen atoms in total. The number of halogens is 2. The Morgan fingerprint density at radius 3 is 2.24 bits per heavy atom. The predicted molar refractivity (Wildman–Crippen MR) is 86.0 cm³/mol. The van der Waals surface area contributed by atoms with Crippen molar-refractivity contribution >= 4 is 17.8 Å². The molecule has 2 amide bonds. The molecule has 0 aromatic rings. The molecule has 1 aliphatic carbocycles. The fraction of sp³-hybridized carbons (Fsp3) is 0.824. The zero-order valence-corrected chi connectivity index (χ0v) is 15.0. The van der Waals surface area contributed by atoms with Crippen LogP contribution in [0.3, 0.4) is 0 Å². The van der Waals surface area contributed by atoms with Gasteiger partial charge in [-0.25, -0.2) is 4.79 Å². The van der Waals surface area contributed by atoms with Crippen molar-refractivity contribution in [2.24, 2.45) is 17.3 Å². The molecule has 0 spiro atoms. The average molecular weight is 360 g/mol. The van der Waals surface area contributed by atoms with Gasteiger partial charge in [0.2, 0.25) is 5.91 Å². The molecular formula is C17H26F2N2O4. The number of hydrogen-bond acceptors (Lipinski definition) is 3. The van der Waals surface area contributed by atoms with E-state index in [0.717, 1.165) is 19.3 Å². The fourth-order valence-electron chi connectivity index (χ4n) is 3.92. The maximum Gasteiger partial charge on any atom is 0.326 e. The van der Waals surface area contributed by atoms with Gasteiger partial charge >= 0.3 is 11.9 Å². The van der Waals surface area contributed by atoms with Crippen LogP contribution in [-0.2, 0) is 14.4 Å². The maximum atomic E-state index is 13.3. The molecule has 142 valence electrons. The van der Waals surface area contributed by atoms with Crippen molar-refractivity contribution in [3.8, 4) is 0 Å². The summed E-state index contributed by atoms with van der Waals surface area (Å²) < 4.78 is 26.5. The summed E-state index contributed by atoms with van der Waals surface area (Å²) in [6.07, 6.45) is 2.53. The second kappa shape index (κ2) is 6.53. The molecule has 2 N–H and O–H groups in total. The highest BCUT2D eigenvalue weighted by atomic mass is 19.3. The highest BCUT2D eigenvalue weighted by Crippen LogP contribution is 2.43. The summed E-state index contributed by atoms with van der Waals surface area (Å²) in [7, 11) is 0. The summed E-state index contributed by atoms with van der Waals surface area (Å²) >= 11 is 0. The van der Waals surface area contributed by atoms with E-state index in [1.165, 1.54) is 4.90 Å². The van der Waals surface area contributed by atoms with Crippen molar-refractivity contribution in [1.82, 2.24) is 10.2 Å². The van der Waals surface area contributed by atoms with Gasteiger partial charge in [0, 0.05) is 13.5 Å². The van der Waals surface area contributed by atoms with Crippen LogP contribution in [0.1, 0.15) is 47.0 Å². The van der Waals surface area contributed by atoms with Crippen LogP contribution >= 0.6 is 0 Å². The van der Waals surface area contributed by atoms with E-state index < -0.39 is 41.2 Å². The Morgan fingerprint density at radius 1 is 1.16 bits per heavy atom. The minimum Gasteiger partial charge on any atom is -0.480 e. The van der Waals surface area contributed by atoms with Gasteiger partial charge in [-0.2, -0.15) is 8.78 Å². The van der Waals surface area contributed by atoms with E-state index in [2.05, 4.69) is 5.32 Å². The van der Waals surface area contributed by atoms with E-state index in [1.807, 2.05) is 0 Å². The van der Waals surface area contributed by atoms with Crippen LogP contribution in [0, 0.1) is 17.3 Å². The summed E-state index contributed by atoms with van der Waals surface area (Å²) in [6.45, 7) is 5.71. The van der Waals surface area contributed by atoms with Crippen molar-refractivity contribution in [2.45, 2.75) is 65.0 Å². The van der Waals surface area contributed by atoms with Crippen LogP contribution in [0.25, 0.3) is 0 Å². The summed E-state index contributed by atoms with van der Waals surface area (Å²) in [6, 6.07) is -2.17. The monoisotopic (exact) mass is 360 g/mol. The molecule has 0 aromatic heterocycles. The molecule has 0 aromatic carbocycles. The maximum absolute atomic E-state index is 13.3. The Morgan fingerprint density at radius 2 is 1.76 bits per heavy atom. The summed E-state index contributed by atoms with van der Waals surface area (Å²) in [5.74, 6) is -6.82. The largest absolute Gasteiger partial charge is 0.480 e. The molecule has 2 rings (SSSR count). The lowest BCUT2D eigenvalue weighted by atomic mass is 9.85. The predicted octanol–water partition coefficient (Wildman–Crippen LogP) is 1.88. The number of nitrogens with one attached hydrogen (secondary N) is 1. The second-order valence-electron chi connectivity index (χ2n) is 8.29. The quantitative estimate of drug-likeness (QED) is 0.801. The van der Waals surface area contributed by atoms with Crippen LogP contribution in [-0.4, -0.2) is 52.3 Å². The molecule has 4 atom stereocenters. The number of likely N-dealkylation sites (tertiary alicyclic amines) is 1. The number of aliphatic carboxylic acids is 1. The first-order valence-electron chi connectivity index (χ1n) is 8.56. The van der Waals surface area contributed by atoms with Gasteiger partial charge in [-0.1, -0.05) is 27.2 Å². The van der Waals surface area contributed by atoms with Gasteiger partial charge in [0.15, 0.2) is 0 Å². The molecule has 25 heavy (non-hydrogen) atoms. The van der Waals surface area contributed by atoms with Gasteiger partial charge in [-0.3, -0.25) is 9.59 Å². The molecular weight excluding hydrogens is 334 g/mol. The smallest absolute Gasteiger partial charge is 0.326 e. The molecule has 1 heterocycles. The molecule has 1 saturated carbocycles. The van der Waals surface area contributed by atoms with Crippen LogP contribution in [0.15, 0.2) is 0 Å². The number of amides is 2. The minimum absolute atomic E-state index is 0.106. The first-order valence-corrected chi connectivity index (χ1v) is 8.56. The van der Waals surface area contributed by atoms with Crippen molar-refractivity contribution in [2.75, 3.05) is 6.54 Å². The average Bonchev–Trinajstić information content (AvgIpc) is 3.00. The second-order valence-corrected chi connectivity index (χ2v) is 8.29. The zero-order chi connectivity index (χ0) is 19.2. The number of nitrogens with zero attached hydrogens (tertiary/aromatic N) is 1. The van der Waals surface area contributed by atoms with Crippen LogP contribution in [0.5, 0.6) is 0 Å². The van der Waals surface area contributed by atoms with Gasteiger partial charge < -0.3 is 15.3 Å². The van der Waals surface area contributed by atoms with Gasteiger partial charge in [0.25, 0.3) is 5.91 Å². The third-order valence-electron chi connectivity index (χ3n) is 5.21. The number of carbonyl (C=O) groups is 3. The van der Waals surface area contributed by atoms with Crippen LogP contribution in [0.2, 0.25) is 0 Å². The molecule has 0 bridgehead atoms. The molecule has 2 fully saturated rings. The number of rotatable bonds is 4. The Hall–Kier alpha value is -1.73. The molecule has 1 aliphatic heterocycles. The Labute approximate surface area is 145 Å². The highest BCUT2D eigenvalue weighted by molar-refractivity contribution is 5.93. The third-order valence-corrected chi connectivity index (χ3v) is 5.21. The Balaban J connectivity index is 2.27. The van der Waals surface area contributed by atoms with Gasteiger partial charge in [-0.15, -0.1) is 0 Å². The lowest BCUT2D eigenvalue weighted by molar-refractivity contribution is -0.154. The Kier molecular flexibility index (Phi) is 5.12. The minimum atomic E-state index is -3.61. The highest BCUT2D eigenvalue weighted by Gasteiger charge is 2.52. The zero-order valence-electron chi connectivity index (χ0n) is 15.0. The topological polar surface area (TPSA) is 86.7 Å². The molecule has 2 aliphatic rings. The van der Waals surface area contributed by atoms with E-state index >= 15 is 0 Å². The summed E-state index contributed by atoms with van der Waals surface area (Å²) in [4.78, 5) is 37.7. The van der Waals surface area contributed by atoms with Crippen molar-refractivity contribution in [1.29, 1.82) is 0 Å². The normalized spacial score (nSPS) is 27.8. The van der Waals surface area contributed by atoms with Crippen LogP contribution < -0.4 is 5.32 Å². The van der Waals surface area contributed by atoms with E-state index in [4.69, 9.17) is 0 Å². The van der Waals surface area contributed by atoms with E-state index in [1.54, 1.807) is 20.8 Å². The summed E-state index contributed by atoms with van der Waals surface area (Å²) in [5.41, 5.74) is -0.835. The van der Waals surface area contributed by atoms with E-state index in [-0.39, 0.29) is 11.8 Å². The number of alkyl halides is 2. The first kappa shape index (κ1) is 19.6. The first-order chi connectivity index (χ1) is 11.3. The van der Waals surface area contributed by atoms with E-state index in [9.17, 15) is 28.3 Å². The number of carbonyl (C=O) groups excluding carboxylic acids is 2. The number of carboxylic acid groups (broad SMARTS) is 1. The lowest BCUT2D eigenvalue weighted by Crippen LogP contribution is -2.59. The van der Waals surface area contributed by atoms with Gasteiger partial charge in [0.05, 0.1) is 0 Å². The van der Waals surface area contributed by atoms with Crippen molar-refractivity contribution in [3.05, 3.63) is 0 Å². The summed E-state index contributed by atoms with van der Waals surface area (Å²) in [5, 5.41) is 11.7. The van der Waals surface area contributed by atoms with Gasteiger partial charge in [0.1, 0.15) is 12.1 Å². The molecule has 8 heteroatoms. The molecule has 0 radical (unpaired) electrons. The van der Waals surface area contributed by atoms with Gasteiger partial charge in [-0.05, 0) is 30.1 Å². The SMILES string of the molecule is CC(F)(F)C(=O)NC(C(=O)N1C[C@@H]2CCC[C@@H]2[C@H]1C(=O)O)C(C)(C)C.